The monoisotopic (exact) mass is 1130 g/mol. The number of carbonyl (C=O) groups is 3. The predicted octanol–water partition coefficient (Wildman–Crippen LogP) is 15.6. The maximum Gasteiger partial charge on any atom is 0.426 e. The van der Waals surface area contributed by atoms with Crippen molar-refractivity contribution in [2.24, 2.45) is 5.10 Å². The number of aryl methyl sites for hydroxylation is 2. The van der Waals surface area contributed by atoms with E-state index in [1.807, 2.05) is 115 Å². The normalized spacial score (nSPS) is 11.1. The third-order valence-corrected chi connectivity index (χ3v) is 13.2. The van der Waals surface area contributed by atoms with Gasteiger partial charge in [-0.2, -0.15) is 5.10 Å². The first kappa shape index (κ1) is 61.3. The van der Waals surface area contributed by atoms with Gasteiger partial charge in [0.05, 0.1) is 13.3 Å². The number of nitrogens with one attached hydrogen (secondary N) is 5. The molecule has 0 saturated carbocycles. The number of nitrogens with zero attached hydrogens (tertiary/aromatic N) is 3. The molecular weight excluding hydrogens is 1060 g/mol. The van der Waals surface area contributed by atoms with Crippen molar-refractivity contribution in [2.75, 3.05) is 28.6 Å². The van der Waals surface area contributed by atoms with E-state index in [0.29, 0.717) is 52.7 Å². The number of hydrogen-bond acceptors (Lipinski definition) is 12. The second-order valence-corrected chi connectivity index (χ2v) is 21.2. The van der Waals surface area contributed by atoms with Crippen LogP contribution in [0.1, 0.15) is 120 Å². The highest BCUT2D eigenvalue weighted by atomic mass is 31.0. The van der Waals surface area contributed by atoms with Crippen LogP contribution in [0, 0.1) is 13.8 Å². The zero-order valence-corrected chi connectivity index (χ0v) is 49.7. The molecule has 9 rings (SSSR count). The molecule has 0 radical (unpaired) electrons. The minimum Gasteiger partial charge on any atom is -0.577 e. The SMILES string of the molecule is COc1cccc(/C=N/Nc2ncc(COc3cccc(C(=O)Nc4ccc(C(C)C)c(C)c4)c3)c3ccccc23)c1.Cc1cc(NC(=O)c2cccc(OCc3cnc(NNC(=O)OC(C)(C)C)c4ccccc34)c2)ccc1C(C)C.[PH2-]. The molecule has 0 spiro atoms. The van der Waals surface area contributed by atoms with Crippen LogP contribution in [0.25, 0.3) is 21.5 Å². The summed E-state index contributed by atoms with van der Waals surface area (Å²) in [6.45, 7) is 18.7. The van der Waals surface area contributed by atoms with E-state index in [9.17, 15) is 14.4 Å². The highest BCUT2D eigenvalue weighted by Crippen LogP contribution is 2.30. The fraction of sp³-hybridized carbons (Fsp3) is 0.224. The minimum absolute atomic E-state index is 0. The largest absolute Gasteiger partial charge is 0.577 e. The first-order chi connectivity index (χ1) is 39.4. The quantitative estimate of drug-likeness (QED) is 0.0313. The van der Waals surface area contributed by atoms with Gasteiger partial charge < -0.3 is 39.5 Å². The molecule has 0 aliphatic rings. The van der Waals surface area contributed by atoms with Gasteiger partial charge in [-0.05, 0) is 158 Å². The molecule has 2 heterocycles. The lowest BCUT2D eigenvalue weighted by Gasteiger charge is -2.20. The molecule has 428 valence electrons. The van der Waals surface area contributed by atoms with Gasteiger partial charge in [0.1, 0.15) is 36.1 Å². The lowest BCUT2D eigenvalue weighted by molar-refractivity contribution is 0.0540. The Labute approximate surface area is 489 Å². The van der Waals surface area contributed by atoms with Crippen molar-refractivity contribution < 1.29 is 33.3 Å². The maximum absolute atomic E-state index is 13.0. The smallest absolute Gasteiger partial charge is 0.426 e. The number of carbonyl (C=O) groups excluding carboxylic acids is 3. The van der Waals surface area contributed by atoms with Crippen LogP contribution in [0.15, 0.2) is 175 Å². The fourth-order valence-electron chi connectivity index (χ4n) is 9.21. The van der Waals surface area contributed by atoms with Gasteiger partial charge in [-0.3, -0.25) is 20.4 Å². The van der Waals surface area contributed by atoms with Crippen LogP contribution in [0.3, 0.4) is 0 Å². The van der Waals surface area contributed by atoms with Crippen molar-refractivity contribution in [3.63, 3.8) is 0 Å². The molecule has 7 aromatic carbocycles. The molecule has 0 unspecified atom stereocenters. The van der Waals surface area contributed by atoms with E-state index >= 15 is 0 Å². The van der Waals surface area contributed by atoms with Crippen LogP contribution in [0.4, 0.5) is 27.8 Å². The predicted molar refractivity (Wildman–Crippen MR) is 338 cm³/mol. The molecule has 3 amide bonds. The minimum atomic E-state index is -0.613. The second-order valence-electron chi connectivity index (χ2n) is 21.2. The summed E-state index contributed by atoms with van der Waals surface area (Å²) in [5.41, 5.74) is 17.9. The molecule has 2 aromatic heterocycles. The van der Waals surface area contributed by atoms with Crippen molar-refractivity contribution in [2.45, 2.75) is 93.0 Å². The van der Waals surface area contributed by atoms with Gasteiger partial charge in [-0.1, -0.05) is 113 Å². The third-order valence-electron chi connectivity index (χ3n) is 13.2. The Kier molecular flexibility index (Phi) is 21.0. The number of benzene rings is 7. The molecule has 0 fully saturated rings. The van der Waals surface area contributed by atoms with Gasteiger partial charge in [0.25, 0.3) is 11.8 Å². The number of hydrogen-bond donors (Lipinski definition) is 5. The summed E-state index contributed by atoms with van der Waals surface area (Å²) in [7, 11) is 1.64. The Morgan fingerprint density at radius 1 is 0.566 bits per heavy atom. The molecule has 0 aliphatic heterocycles. The molecule has 5 N–H and O–H groups in total. The van der Waals surface area contributed by atoms with Crippen LogP contribution < -0.4 is 41.1 Å². The molecular formula is C67H72N8O7P-. The number of rotatable bonds is 18. The van der Waals surface area contributed by atoms with E-state index in [-0.39, 0.29) is 28.3 Å². The Morgan fingerprint density at radius 2 is 1.04 bits per heavy atom. The van der Waals surface area contributed by atoms with Gasteiger partial charge in [0, 0.05) is 56.8 Å². The first-order valence-corrected chi connectivity index (χ1v) is 27.1. The number of methoxy groups -OCH3 is 1. The summed E-state index contributed by atoms with van der Waals surface area (Å²) >= 11 is 0. The van der Waals surface area contributed by atoms with Crippen LogP contribution in [-0.4, -0.2) is 46.8 Å². The number of ether oxygens (including phenoxy) is 4. The summed E-state index contributed by atoms with van der Waals surface area (Å²) in [5.74, 6) is 3.53. The van der Waals surface area contributed by atoms with Crippen molar-refractivity contribution in [3.05, 3.63) is 220 Å². The summed E-state index contributed by atoms with van der Waals surface area (Å²) in [5, 5.41) is 14.0. The summed E-state index contributed by atoms with van der Waals surface area (Å²) in [4.78, 5) is 47.1. The zero-order chi connectivity index (χ0) is 58.3. The topological polar surface area (TPSA) is 186 Å². The molecule has 0 bridgehead atoms. The number of aromatic nitrogens is 2. The third kappa shape index (κ3) is 16.9. The number of amides is 3. The Hall–Kier alpha value is -9.33. The Bertz CT molecular complexity index is 3770. The van der Waals surface area contributed by atoms with Gasteiger partial charge >= 0.3 is 6.09 Å². The number of hydrazone groups is 1. The standard InChI is InChI=1S/C35H34N4O3.C32H36N4O4.H2P/c1-23(2)31-16-15-28(17-24(31)3)38-35(40)26-10-8-12-30(19-26)42-22-27-21-36-34(33-14-6-5-13-32(27)33)39-37-20-25-9-7-11-29(18-25)41-4;1-20(2)26-15-14-24(16-21(26)3)34-30(37)22-10-9-11-25(17-22)39-19-23-18-33-29(28-13-8-7-12-27(23)28)35-36-31(38)40-32(4,5)6;/h5-21,23H,22H2,1-4H3,(H,36,39)(H,38,40);7-18,20H,19H2,1-6H3,(H,33,35)(H,34,37)(H,36,38);1H2/q;;-1/b37-20+;;. The van der Waals surface area contributed by atoms with Crippen molar-refractivity contribution in [1.29, 1.82) is 0 Å². The Balaban J connectivity index is 0.000000236. The second kappa shape index (κ2) is 28.4. The van der Waals surface area contributed by atoms with Crippen molar-refractivity contribution >= 4 is 78.6 Å². The lowest BCUT2D eigenvalue weighted by Crippen LogP contribution is -2.36. The molecule has 9 aromatic rings. The van der Waals surface area contributed by atoms with E-state index in [1.54, 1.807) is 76.8 Å². The van der Waals surface area contributed by atoms with E-state index in [1.165, 1.54) is 11.1 Å². The molecule has 16 heteroatoms. The van der Waals surface area contributed by atoms with Gasteiger partial charge in [0.15, 0.2) is 11.6 Å². The fourth-order valence-corrected chi connectivity index (χ4v) is 9.21. The molecule has 83 heavy (non-hydrogen) atoms. The van der Waals surface area contributed by atoms with E-state index in [4.69, 9.17) is 18.9 Å². The molecule has 0 aliphatic carbocycles. The van der Waals surface area contributed by atoms with Gasteiger partial charge in [-0.25, -0.2) is 20.2 Å². The van der Waals surface area contributed by atoms with Crippen LogP contribution in [0.2, 0.25) is 0 Å². The van der Waals surface area contributed by atoms with Gasteiger partial charge in [-0.15, -0.1) is 0 Å². The number of pyridine rings is 2. The number of anilines is 4. The summed E-state index contributed by atoms with van der Waals surface area (Å²) in [6.07, 6.45) is 4.60. The highest BCUT2D eigenvalue weighted by Gasteiger charge is 2.18. The van der Waals surface area contributed by atoms with Crippen LogP contribution in [0.5, 0.6) is 17.2 Å². The molecule has 0 atom stereocenters. The molecule has 0 saturated heterocycles. The number of fused-ring (bicyclic) bond motifs is 2. The first-order valence-electron chi connectivity index (χ1n) is 27.1. The van der Waals surface area contributed by atoms with E-state index in [0.717, 1.165) is 66.5 Å². The zero-order valence-electron chi connectivity index (χ0n) is 48.6. The average Bonchev–Trinajstić information content (AvgIpc) is 3.62. The van der Waals surface area contributed by atoms with E-state index in [2.05, 4.69) is 95.7 Å². The molecule has 15 nitrogen and oxygen atoms in total. The summed E-state index contributed by atoms with van der Waals surface area (Å²) in [6, 6.07) is 49.6. The van der Waals surface area contributed by atoms with Crippen LogP contribution >= 0.6 is 9.90 Å². The van der Waals surface area contributed by atoms with Crippen LogP contribution in [-0.2, 0) is 18.0 Å². The lowest BCUT2D eigenvalue weighted by atomic mass is 9.97. The maximum atomic E-state index is 13.0. The van der Waals surface area contributed by atoms with Crippen molar-refractivity contribution in [1.82, 2.24) is 15.4 Å². The van der Waals surface area contributed by atoms with E-state index < -0.39 is 11.7 Å². The average molecular weight is 1130 g/mol. The summed E-state index contributed by atoms with van der Waals surface area (Å²) < 4.78 is 22.7. The number of hydrazine groups is 1. The highest BCUT2D eigenvalue weighted by molar-refractivity contribution is 6.92. The van der Waals surface area contributed by atoms with Gasteiger partial charge in [0.2, 0.25) is 0 Å². The Morgan fingerprint density at radius 3 is 1.52 bits per heavy atom. The van der Waals surface area contributed by atoms with Crippen molar-refractivity contribution in [3.8, 4) is 17.2 Å².